The van der Waals surface area contributed by atoms with Crippen molar-refractivity contribution in [1.82, 2.24) is 0 Å². The Kier molecular flexibility index (Phi) is 6.68. The van der Waals surface area contributed by atoms with E-state index in [4.69, 9.17) is 10.5 Å². The molecular weight excluding hydrogens is 191 g/mol. The molecule has 0 aromatic heterocycles. The fourth-order valence-electron chi connectivity index (χ4n) is 1.10. The standard InChI is InChI=1S/C6H15SSi.Al.S/c1-4-8(7,5-2)6-3;;/h4-6H2,1-3H3;;/q-1;+1;. The van der Waals surface area contributed by atoms with Crippen LogP contribution in [0.4, 0.5) is 0 Å². The van der Waals surface area contributed by atoms with E-state index in [1.54, 1.807) is 0 Å². The average molecular weight is 206 g/mol. The van der Waals surface area contributed by atoms with Crippen LogP contribution in [0.15, 0.2) is 0 Å². The van der Waals surface area contributed by atoms with Crippen molar-refractivity contribution in [3.05, 3.63) is 0 Å². The summed E-state index contributed by atoms with van der Waals surface area (Å²) in [5, 5.41) is 0. The quantitative estimate of drug-likeness (QED) is 0.632. The summed E-state index contributed by atoms with van der Waals surface area (Å²) in [5.74, 6) is 0. The third-order valence-electron chi connectivity index (χ3n) is 2.23. The van der Waals surface area contributed by atoms with Crippen LogP contribution >= 0.6 is 20.1 Å². The molecule has 0 saturated carbocycles. The van der Waals surface area contributed by atoms with Crippen molar-refractivity contribution in [2.45, 2.75) is 38.9 Å². The summed E-state index contributed by atoms with van der Waals surface area (Å²) in [7, 11) is 6.37. The summed E-state index contributed by atoms with van der Waals surface area (Å²) in [6.45, 7) is 6.99. The number of hydrogen-bond donors (Lipinski definition) is 0. The van der Waals surface area contributed by atoms with E-state index in [1.807, 2.05) is 0 Å². The predicted molar refractivity (Wildman–Crippen MR) is 58.1 cm³/mol. The van der Waals surface area contributed by atoms with Gasteiger partial charge in [-0.25, -0.2) is 0 Å². The first-order valence-corrected chi connectivity index (χ1v) is 11.4. The zero-order valence-corrected chi connectivity index (χ0v) is 10.8. The molecule has 10 heavy (non-hydrogen) atoms. The molecule has 0 rings (SSSR count). The van der Waals surface area contributed by atoms with Crippen molar-refractivity contribution >= 4 is 39.7 Å². The Morgan fingerprint density at radius 2 is 1.60 bits per heavy atom. The van der Waals surface area contributed by atoms with E-state index in [9.17, 15) is 0 Å². The Bertz CT molecular complexity index is 95.7. The number of hydrogen-bond acceptors (Lipinski definition) is 2. The summed E-state index contributed by atoms with van der Waals surface area (Å²) >= 11 is 0.265. The van der Waals surface area contributed by atoms with E-state index in [0.29, 0.717) is 0 Å². The minimum absolute atomic E-state index is 0.265. The van der Waals surface area contributed by atoms with E-state index >= 15 is 0 Å². The molecule has 0 bridgehead atoms. The molecule has 0 aromatic carbocycles. The van der Waals surface area contributed by atoms with E-state index in [0.717, 1.165) is 0 Å². The van der Waals surface area contributed by atoms with Gasteiger partial charge in [0.05, 0.1) is 0 Å². The van der Waals surface area contributed by atoms with Crippen molar-refractivity contribution in [2.75, 3.05) is 0 Å². The molecule has 0 aliphatic carbocycles. The molecule has 0 unspecified atom stereocenters. The normalized spacial score (nSPS) is 11.1. The second-order valence-corrected chi connectivity index (χ2v) is 15.1. The molecule has 0 radical (unpaired) electrons. The fraction of sp³-hybridized carbons (Fsp3) is 1.00. The van der Waals surface area contributed by atoms with Crippen LogP contribution in [0, 0.1) is 0 Å². The Labute approximate surface area is 78.4 Å². The Balaban J connectivity index is 4.00. The molecule has 0 heterocycles. The minimum atomic E-state index is -0.868. The molecule has 58 valence electrons. The van der Waals surface area contributed by atoms with Gasteiger partial charge >= 0.3 is 78.6 Å². The van der Waals surface area contributed by atoms with Crippen molar-refractivity contribution in [2.24, 2.45) is 0 Å². The van der Waals surface area contributed by atoms with Crippen LogP contribution in [0.1, 0.15) is 20.8 Å². The fourth-order valence-corrected chi connectivity index (χ4v) is 17.3. The van der Waals surface area contributed by atoms with Crippen LogP contribution in [-0.4, -0.2) is 19.7 Å². The Hall–Kier alpha value is 1.32. The van der Waals surface area contributed by atoms with Crippen LogP contribution in [0.5, 0.6) is 0 Å². The Morgan fingerprint density at radius 3 is 1.70 bits per heavy atom. The van der Waals surface area contributed by atoms with Gasteiger partial charge in [0, 0.05) is 0 Å². The molecule has 0 aliphatic heterocycles. The van der Waals surface area contributed by atoms with E-state index in [-0.39, 0.29) is 12.4 Å². The van der Waals surface area contributed by atoms with Crippen LogP contribution in [0.2, 0.25) is 18.1 Å². The average Bonchev–Trinajstić information content (AvgIpc) is 2.01. The zero-order chi connectivity index (χ0) is 8.04. The maximum atomic E-state index is 5.08. The molecule has 0 spiro atoms. The van der Waals surface area contributed by atoms with Crippen molar-refractivity contribution in [3.8, 4) is 0 Å². The topological polar surface area (TPSA) is 0 Å². The molecule has 0 amide bonds. The zero-order valence-electron chi connectivity index (χ0n) is 7.02. The van der Waals surface area contributed by atoms with Crippen LogP contribution < -0.4 is 0 Å². The molecule has 0 fully saturated rings. The van der Waals surface area contributed by atoms with Gasteiger partial charge < -0.3 is 0 Å². The molecule has 0 nitrogen and oxygen atoms in total. The van der Waals surface area contributed by atoms with Gasteiger partial charge in [0.2, 0.25) is 0 Å². The van der Waals surface area contributed by atoms with Crippen LogP contribution in [0.25, 0.3) is 0 Å². The second kappa shape index (κ2) is 5.91. The van der Waals surface area contributed by atoms with Gasteiger partial charge in [-0.15, -0.1) is 0 Å². The van der Waals surface area contributed by atoms with Crippen LogP contribution in [0.3, 0.4) is 0 Å². The Morgan fingerprint density at radius 1 is 1.20 bits per heavy atom. The summed E-state index contributed by atoms with van der Waals surface area (Å²) in [4.78, 5) is 0. The molecule has 4 heteroatoms. The van der Waals surface area contributed by atoms with Gasteiger partial charge in [-0.05, 0) is 0 Å². The summed E-state index contributed by atoms with van der Waals surface area (Å²) < 4.78 is 0. The van der Waals surface area contributed by atoms with E-state index in [1.165, 1.54) is 18.1 Å². The summed E-state index contributed by atoms with van der Waals surface area (Å²) in [5.41, 5.74) is 0. The van der Waals surface area contributed by atoms with Crippen molar-refractivity contribution < 1.29 is 0 Å². The second-order valence-electron chi connectivity index (χ2n) is 2.46. The first-order chi connectivity index (χ1) is 4.74. The van der Waals surface area contributed by atoms with Crippen LogP contribution in [-0.2, 0) is 0 Å². The maximum absolute atomic E-state index is 5.08. The molecule has 0 N–H and O–H groups in total. The number of rotatable bonds is 5. The molecule has 0 aromatic rings. The first-order valence-electron chi connectivity index (χ1n) is 3.86. The van der Waals surface area contributed by atoms with Gasteiger partial charge in [0.1, 0.15) is 0 Å². The predicted octanol–water partition coefficient (Wildman–Crippen LogP) is 3.46. The third kappa shape index (κ3) is 3.15. The molecule has 0 atom stereocenters. The first kappa shape index (κ1) is 11.3. The van der Waals surface area contributed by atoms with Gasteiger partial charge in [0.15, 0.2) is 0 Å². The monoisotopic (exact) mass is 206 g/mol. The summed E-state index contributed by atoms with van der Waals surface area (Å²) in [6.07, 6.45) is 0. The van der Waals surface area contributed by atoms with Gasteiger partial charge in [-0.1, -0.05) is 0 Å². The SMILES string of the molecule is CC[Si](CC)(CC)[S][Al]=[S]. The van der Waals surface area contributed by atoms with Gasteiger partial charge in [-0.2, -0.15) is 0 Å². The summed E-state index contributed by atoms with van der Waals surface area (Å²) in [6, 6.07) is 4.23. The van der Waals surface area contributed by atoms with Crippen molar-refractivity contribution in [3.63, 3.8) is 0 Å². The molecular formula is C6H15AlS2Si. The van der Waals surface area contributed by atoms with E-state index in [2.05, 4.69) is 30.3 Å². The van der Waals surface area contributed by atoms with Gasteiger partial charge in [-0.3, -0.25) is 0 Å². The third-order valence-corrected chi connectivity index (χ3v) is 19.0. The van der Waals surface area contributed by atoms with E-state index < -0.39 is 7.22 Å². The molecule has 0 saturated heterocycles. The van der Waals surface area contributed by atoms with Gasteiger partial charge in [0.25, 0.3) is 0 Å². The van der Waals surface area contributed by atoms with Crippen molar-refractivity contribution in [1.29, 1.82) is 0 Å². The molecule has 0 aliphatic rings.